The minimum Gasteiger partial charge on any atom is -0.333 e. The topological polar surface area (TPSA) is 59.8 Å². The normalized spacial score (nSPS) is 10.8. The molecule has 0 radical (unpaired) electrons. The van der Waals surface area contributed by atoms with Crippen LogP contribution >= 0.6 is 50.9 Å². The molecule has 3 rings (SSSR count). The standard InChI is InChI=1S/C18H15BrCl2N4OS/c1-2-25-17(26)16(22-15-9-13(20)7-8-14(15)21)23-24-18(25)27-10-11-3-5-12(19)6-4-11/h3-9H,2,10H2,1H3,(H,22,23). The molecule has 1 N–H and O–H groups in total. The lowest BCUT2D eigenvalue weighted by Crippen LogP contribution is -2.26. The van der Waals surface area contributed by atoms with Gasteiger partial charge in [-0.25, -0.2) is 0 Å². The van der Waals surface area contributed by atoms with Crippen LogP contribution in [0, 0.1) is 0 Å². The van der Waals surface area contributed by atoms with Gasteiger partial charge >= 0.3 is 0 Å². The Morgan fingerprint density at radius 2 is 1.89 bits per heavy atom. The second kappa shape index (κ2) is 9.10. The van der Waals surface area contributed by atoms with Crippen LogP contribution in [0.25, 0.3) is 0 Å². The molecule has 0 aliphatic rings. The number of anilines is 2. The highest BCUT2D eigenvalue weighted by molar-refractivity contribution is 9.10. The van der Waals surface area contributed by atoms with E-state index in [1.807, 2.05) is 31.2 Å². The van der Waals surface area contributed by atoms with Crippen LogP contribution in [0.3, 0.4) is 0 Å². The number of halogens is 3. The number of nitrogens with zero attached hydrogens (tertiary/aromatic N) is 3. The number of rotatable bonds is 6. The lowest BCUT2D eigenvalue weighted by molar-refractivity contribution is 0.597. The van der Waals surface area contributed by atoms with Crippen LogP contribution in [0.4, 0.5) is 11.5 Å². The third-order valence-electron chi connectivity index (χ3n) is 3.69. The predicted octanol–water partition coefficient (Wildman–Crippen LogP) is 5.76. The largest absolute Gasteiger partial charge is 0.333 e. The zero-order chi connectivity index (χ0) is 19.4. The molecule has 0 bridgehead atoms. The summed E-state index contributed by atoms with van der Waals surface area (Å²) in [5.74, 6) is 0.794. The highest BCUT2D eigenvalue weighted by Crippen LogP contribution is 2.27. The number of benzene rings is 2. The van der Waals surface area contributed by atoms with Gasteiger partial charge in [0.25, 0.3) is 5.56 Å². The minimum absolute atomic E-state index is 0.106. The van der Waals surface area contributed by atoms with Crippen molar-refractivity contribution in [1.82, 2.24) is 14.8 Å². The van der Waals surface area contributed by atoms with Gasteiger partial charge < -0.3 is 5.32 Å². The first kappa shape index (κ1) is 20.2. The van der Waals surface area contributed by atoms with Crippen LogP contribution in [0.5, 0.6) is 0 Å². The molecule has 0 aliphatic heterocycles. The van der Waals surface area contributed by atoms with Gasteiger partial charge in [0.05, 0.1) is 10.7 Å². The average Bonchev–Trinajstić information content (AvgIpc) is 2.66. The molecule has 0 unspecified atom stereocenters. The van der Waals surface area contributed by atoms with E-state index in [1.165, 1.54) is 11.8 Å². The van der Waals surface area contributed by atoms with Crippen molar-refractivity contribution in [3.05, 3.63) is 72.9 Å². The molecule has 0 fully saturated rings. The van der Waals surface area contributed by atoms with Gasteiger partial charge in [-0.05, 0) is 42.8 Å². The van der Waals surface area contributed by atoms with Gasteiger partial charge in [0, 0.05) is 21.8 Å². The van der Waals surface area contributed by atoms with E-state index in [9.17, 15) is 4.79 Å². The van der Waals surface area contributed by atoms with Crippen LogP contribution in [0.2, 0.25) is 10.0 Å². The molecule has 0 spiro atoms. The molecule has 5 nitrogen and oxygen atoms in total. The number of nitrogens with one attached hydrogen (secondary N) is 1. The SMILES string of the molecule is CCn1c(SCc2ccc(Br)cc2)nnc(Nc2cc(Cl)ccc2Cl)c1=O. The van der Waals surface area contributed by atoms with E-state index >= 15 is 0 Å². The minimum atomic E-state index is -0.262. The highest BCUT2D eigenvalue weighted by atomic mass is 79.9. The molecule has 140 valence electrons. The molecule has 1 aromatic heterocycles. The lowest BCUT2D eigenvalue weighted by atomic mass is 10.2. The van der Waals surface area contributed by atoms with Crippen molar-refractivity contribution in [1.29, 1.82) is 0 Å². The van der Waals surface area contributed by atoms with Crippen molar-refractivity contribution in [2.45, 2.75) is 24.4 Å². The van der Waals surface area contributed by atoms with Crippen molar-refractivity contribution in [2.75, 3.05) is 5.32 Å². The first-order valence-corrected chi connectivity index (χ1v) is 10.6. The van der Waals surface area contributed by atoms with E-state index in [2.05, 4.69) is 31.4 Å². The number of aromatic nitrogens is 3. The van der Waals surface area contributed by atoms with Crippen LogP contribution < -0.4 is 10.9 Å². The predicted molar refractivity (Wildman–Crippen MR) is 115 cm³/mol. The van der Waals surface area contributed by atoms with Gasteiger partial charge in [0.15, 0.2) is 5.16 Å². The molecule has 9 heteroatoms. The first-order chi connectivity index (χ1) is 13.0. The quantitative estimate of drug-likeness (QED) is 0.449. The third-order valence-corrected chi connectivity index (χ3v) is 5.82. The first-order valence-electron chi connectivity index (χ1n) is 8.04. The van der Waals surface area contributed by atoms with E-state index in [-0.39, 0.29) is 11.4 Å². The van der Waals surface area contributed by atoms with Gasteiger partial charge in [-0.2, -0.15) is 0 Å². The van der Waals surface area contributed by atoms with Crippen molar-refractivity contribution in [3.8, 4) is 0 Å². The van der Waals surface area contributed by atoms with Crippen LogP contribution in [0.1, 0.15) is 12.5 Å². The van der Waals surface area contributed by atoms with Gasteiger partial charge in [0.1, 0.15) is 0 Å². The maximum atomic E-state index is 12.8. The van der Waals surface area contributed by atoms with Crippen LogP contribution in [-0.4, -0.2) is 14.8 Å². The summed E-state index contributed by atoms with van der Waals surface area (Å²) in [5, 5.41) is 12.7. The Labute approximate surface area is 179 Å². The summed E-state index contributed by atoms with van der Waals surface area (Å²) in [6.45, 7) is 2.37. The smallest absolute Gasteiger partial charge is 0.297 e. The molecule has 0 amide bonds. The molecule has 0 atom stereocenters. The van der Waals surface area contributed by atoms with E-state index in [1.54, 1.807) is 22.8 Å². The van der Waals surface area contributed by atoms with Crippen LogP contribution in [0.15, 0.2) is 56.9 Å². The second-order valence-electron chi connectivity index (χ2n) is 5.54. The van der Waals surface area contributed by atoms with Gasteiger partial charge in [-0.3, -0.25) is 9.36 Å². The van der Waals surface area contributed by atoms with E-state index in [0.29, 0.717) is 33.2 Å². The molecule has 27 heavy (non-hydrogen) atoms. The summed E-state index contributed by atoms with van der Waals surface area (Å²) in [6.07, 6.45) is 0. The molecule has 0 saturated carbocycles. The average molecular weight is 486 g/mol. The van der Waals surface area contributed by atoms with Gasteiger partial charge in [0.2, 0.25) is 5.82 Å². The number of hydrogen-bond donors (Lipinski definition) is 1. The summed E-state index contributed by atoms with van der Waals surface area (Å²) >= 11 is 17.0. The van der Waals surface area contributed by atoms with Crippen molar-refractivity contribution < 1.29 is 0 Å². The summed E-state index contributed by atoms with van der Waals surface area (Å²) in [6, 6.07) is 13.0. The van der Waals surface area contributed by atoms with E-state index < -0.39 is 0 Å². The summed E-state index contributed by atoms with van der Waals surface area (Å²) in [5.41, 5.74) is 1.38. The Morgan fingerprint density at radius 3 is 2.59 bits per heavy atom. The Morgan fingerprint density at radius 1 is 1.15 bits per heavy atom. The Bertz CT molecular complexity index is 1010. The molecule has 0 aliphatic carbocycles. The summed E-state index contributed by atoms with van der Waals surface area (Å²) in [4.78, 5) is 12.8. The fraction of sp³-hybridized carbons (Fsp3) is 0.167. The molecule has 2 aromatic carbocycles. The van der Waals surface area contributed by atoms with Gasteiger partial charge in [-0.1, -0.05) is 63.0 Å². The molecule has 0 saturated heterocycles. The van der Waals surface area contributed by atoms with Crippen molar-refractivity contribution in [3.63, 3.8) is 0 Å². The number of hydrogen-bond acceptors (Lipinski definition) is 5. The highest BCUT2D eigenvalue weighted by Gasteiger charge is 2.13. The van der Waals surface area contributed by atoms with E-state index in [0.717, 1.165) is 10.0 Å². The monoisotopic (exact) mass is 484 g/mol. The zero-order valence-corrected chi connectivity index (χ0v) is 18.2. The molecule has 1 heterocycles. The zero-order valence-electron chi connectivity index (χ0n) is 14.2. The third kappa shape index (κ3) is 5.04. The lowest BCUT2D eigenvalue weighted by Gasteiger charge is -2.12. The Kier molecular flexibility index (Phi) is 6.81. The maximum absolute atomic E-state index is 12.8. The molecule has 3 aromatic rings. The summed E-state index contributed by atoms with van der Waals surface area (Å²) < 4.78 is 2.61. The maximum Gasteiger partial charge on any atom is 0.297 e. The summed E-state index contributed by atoms with van der Waals surface area (Å²) in [7, 11) is 0. The number of thioether (sulfide) groups is 1. The van der Waals surface area contributed by atoms with Gasteiger partial charge in [-0.15, -0.1) is 10.2 Å². The molecular formula is C18H15BrCl2N4OS. The Hall–Kier alpha value is -1.54. The second-order valence-corrected chi connectivity index (χ2v) is 8.25. The van der Waals surface area contributed by atoms with Crippen molar-refractivity contribution in [2.24, 2.45) is 0 Å². The fourth-order valence-corrected chi connectivity index (χ4v) is 3.87. The fourth-order valence-electron chi connectivity index (χ4n) is 2.32. The molecular weight excluding hydrogens is 471 g/mol. The van der Waals surface area contributed by atoms with Crippen molar-refractivity contribution >= 4 is 62.4 Å². The van der Waals surface area contributed by atoms with E-state index in [4.69, 9.17) is 23.2 Å². The van der Waals surface area contributed by atoms with Crippen LogP contribution in [-0.2, 0) is 12.3 Å². The Balaban J connectivity index is 1.83.